The number of aryl methyl sites for hydroxylation is 1. The van der Waals surface area contributed by atoms with Crippen molar-refractivity contribution >= 4 is 23.0 Å². The summed E-state index contributed by atoms with van der Waals surface area (Å²) < 4.78 is 20.7. The lowest BCUT2D eigenvalue weighted by molar-refractivity contribution is -0.000104. The predicted molar refractivity (Wildman–Crippen MR) is 143 cm³/mol. The zero-order valence-electron chi connectivity index (χ0n) is 22.1. The SMILES string of the molecule is Cc1nc(F)ccc1/C(=N/OC(C)(C)C)C1CCC(n2ncc(NC[C@@H]3CCCOC3)c(Cl)c2=O)CC1. The average Bonchev–Trinajstić information content (AvgIpc) is 2.86. The molecule has 1 N–H and O–H groups in total. The molecule has 0 radical (unpaired) electrons. The molecule has 3 heterocycles. The lowest BCUT2D eigenvalue weighted by atomic mass is 9.81. The molecule has 1 aliphatic carbocycles. The zero-order chi connectivity index (χ0) is 26.6. The second kappa shape index (κ2) is 11.9. The molecule has 0 bridgehead atoms. The average molecular weight is 534 g/mol. The van der Waals surface area contributed by atoms with Gasteiger partial charge in [-0.3, -0.25) is 4.79 Å². The van der Waals surface area contributed by atoms with Crippen LogP contribution in [0.1, 0.15) is 76.6 Å². The Hall–Kier alpha value is -2.52. The number of pyridine rings is 1. The summed E-state index contributed by atoms with van der Waals surface area (Å²) in [6.07, 6.45) is 6.83. The van der Waals surface area contributed by atoms with Gasteiger partial charge in [-0.1, -0.05) is 16.8 Å². The van der Waals surface area contributed by atoms with Gasteiger partial charge in [0.05, 0.1) is 30.2 Å². The van der Waals surface area contributed by atoms with Crippen molar-refractivity contribution in [3.05, 3.63) is 50.9 Å². The first kappa shape index (κ1) is 27.5. The highest BCUT2D eigenvalue weighted by molar-refractivity contribution is 6.32. The Bertz CT molecular complexity index is 1170. The predicted octanol–water partition coefficient (Wildman–Crippen LogP) is 5.53. The molecule has 0 unspecified atom stereocenters. The molecule has 37 heavy (non-hydrogen) atoms. The van der Waals surface area contributed by atoms with Crippen LogP contribution in [0.4, 0.5) is 10.1 Å². The third kappa shape index (κ3) is 7.08. The summed E-state index contributed by atoms with van der Waals surface area (Å²) in [6, 6.07) is 3.01. The van der Waals surface area contributed by atoms with Gasteiger partial charge in [0.2, 0.25) is 5.95 Å². The highest BCUT2D eigenvalue weighted by atomic mass is 35.5. The summed E-state index contributed by atoms with van der Waals surface area (Å²) in [5.41, 5.74) is 1.95. The number of anilines is 1. The van der Waals surface area contributed by atoms with Gasteiger partial charge < -0.3 is 14.9 Å². The second-order valence-corrected chi connectivity index (χ2v) is 11.4. The summed E-state index contributed by atoms with van der Waals surface area (Å²) in [5.74, 6) is -0.0247. The van der Waals surface area contributed by atoms with E-state index in [0.29, 0.717) is 23.8 Å². The molecule has 10 heteroatoms. The van der Waals surface area contributed by atoms with Crippen LogP contribution < -0.4 is 10.9 Å². The lowest BCUT2D eigenvalue weighted by Crippen LogP contribution is -2.33. The van der Waals surface area contributed by atoms with Crippen LogP contribution in [0.2, 0.25) is 5.02 Å². The number of nitrogens with one attached hydrogen (secondary N) is 1. The van der Waals surface area contributed by atoms with Crippen molar-refractivity contribution in [2.75, 3.05) is 25.1 Å². The third-order valence-electron chi connectivity index (χ3n) is 6.95. The van der Waals surface area contributed by atoms with Gasteiger partial charge in [0.1, 0.15) is 10.6 Å². The van der Waals surface area contributed by atoms with Crippen molar-refractivity contribution in [2.45, 2.75) is 77.9 Å². The maximum Gasteiger partial charge on any atom is 0.287 e. The normalized spacial score (nSPS) is 23.1. The summed E-state index contributed by atoms with van der Waals surface area (Å²) in [6.45, 7) is 9.82. The molecule has 8 nitrogen and oxygen atoms in total. The van der Waals surface area contributed by atoms with Crippen LogP contribution in [0.5, 0.6) is 0 Å². The number of ether oxygens (including phenoxy) is 1. The largest absolute Gasteiger partial charge is 0.390 e. The van der Waals surface area contributed by atoms with Crippen molar-refractivity contribution in [3.8, 4) is 0 Å². The first-order valence-corrected chi connectivity index (χ1v) is 13.5. The van der Waals surface area contributed by atoms with E-state index in [2.05, 4.69) is 20.6 Å². The first-order valence-electron chi connectivity index (χ1n) is 13.1. The molecule has 0 aromatic carbocycles. The fourth-order valence-electron chi connectivity index (χ4n) is 4.98. The molecule has 2 aromatic rings. The lowest BCUT2D eigenvalue weighted by Gasteiger charge is -2.30. The molecular weight excluding hydrogens is 497 g/mol. The van der Waals surface area contributed by atoms with Gasteiger partial charge in [-0.05, 0) is 84.3 Å². The highest BCUT2D eigenvalue weighted by Crippen LogP contribution is 2.35. The van der Waals surface area contributed by atoms with Crippen molar-refractivity contribution in [1.29, 1.82) is 0 Å². The zero-order valence-corrected chi connectivity index (χ0v) is 22.9. The minimum atomic E-state index is -0.520. The molecule has 202 valence electrons. The molecule has 2 aliphatic rings. The van der Waals surface area contributed by atoms with Crippen LogP contribution in [0.3, 0.4) is 0 Å². The Labute approximate surface area is 222 Å². The van der Waals surface area contributed by atoms with E-state index in [1.165, 1.54) is 10.7 Å². The summed E-state index contributed by atoms with van der Waals surface area (Å²) in [7, 11) is 0. The van der Waals surface area contributed by atoms with Crippen LogP contribution in [0.15, 0.2) is 28.3 Å². The molecule has 0 amide bonds. The molecule has 4 rings (SSSR count). The maximum absolute atomic E-state index is 13.7. The summed E-state index contributed by atoms with van der Waals surface area (Å²) in [4.78, 5) is 22.8. The van der Waals surface area contributed by atoms with E-state index in [1.807, 2.05) is 20.8 Å². The Morgan fingerprint density at radius 2 is 2.03 bits per heavy atom. The van der Waals surface area contributed by atoms with Crippen LogP contribution >= 0.6 is 11.6 Å². The van der Waals surface area contributed by atoms with Gasteiger partial charge in [0, 0.05) is 30.3 Å². The Morgan fingerprint density at radius 3 is 2.68 bits per heavy atom. The fraction of sp³-hybridized carbons (Fsp3) is 0.630. The molecule has 1 atom stereocenters. The number of nitrogens with zero attached hydrogens (tertiary/aromatic N) is 4. The van der Waals surface area contributed by atoms with Crippen molar-refractivity contribution in [3.63, 3.8) is 0 Å². The fourth-order valence-corrected chi connectivity index (χ4v) is 5.18. The van der Waals surface area contributed by atoms with Gasteiger partial charge in [0.25, 0.3) is 5.56 Å². The summed E-state index contributed by atoms with van der Waals surface area (Å²) >= 11 is 6.47. The molecule has 1 saturated carbocycles. The van der Waals surface area contributed by atoms with Gasteiger partial charge in [-0.15, -0.1) is 0 Å². The Morgan fingerprint density at radius 1 is 1.27 bits per heavy atom. The van der Waals surface area contributed by atoms with Gasteiger partial charge in [-0.2, -0.15) is 9.49 Å². The molecule has 1 aliphatic heterocycles. The van der Waals surface area contributed by atoms with E-state index in [9.17, 15) is 9.18 Å². The number of oxime groups is 1. The van der Waals surface area contributed by atoms with E-state index in [-0.39, 0.29) is 22.5 Å². The number of hydrogen-bond donors (Lipinski definition) is 1. The molecule has 0 spiro atoms. The maximum atomic E-state index is 13.7. The molecule has 2 aromatic heterocycles. The van der Waals surface area contributed by atoms with Gasteiger partial charge >= 0.3 is 0 Å². The Balaban J connectivity index is 1.46. The quantitative estimate of drug-likeness (QED) is 0.286. The molecule has 1 saturated heterocycles. The summed E-state index contributed by atoms with van der Waals surface area (Å²) in [5, 5.41) is 12.4. The second-order valence-electron chi connectivity index (χ2n) is 11.0. The van der Waals surface area contributed by atoms with Crippen molar-refractivity contribution in [2.24, 2.45) is 17.0 Å². The van der Waals surface area contributed by atoms with Crippen LogP contribution in [0, 0.1) is 24.7 Å². The molecular formula is C27H37ClFN5O3. The first-order chi connectivity index (χ1) is 17.6. The van der Waals surface area contributed by atoms with E-state index in [1.54, 1.807) is 19.2 Å². The number of halogens is 2. The van der Waals surface area contributed by atoms with Crippen molar-refractivity contribution in [1.82, 2.24) is 14.8 Å². The van der Waals surface area contributed by atoms with Crippen molar-refractivity contribution < 1.29 is 14.0 Å². The standard InChI is InChI=1S/C27H37ClFN5O3/c1-17-21(11-12-23(29)32-17)25(33-37-27(2,3)4)19-7-9-20(10-8-19)34-26(35)24(28)22(15-31-34)30-14-18-6-5-13-36-16-18/h11-12,15,18-20,30H,5-10,13-14,16H2,1-4H3/b33-25+/t18-,19?,20?/m0/s1. The van der Waals surface area contributed by atoms with Crippen LogP contribution in [-0.2, 0) is 9.57 Å². The monoisotopic (exact) mass is 533 g/mol. The number of hydrogen-bond acceptors (Lipinski definition) is 7. The minimum Gasteiger partial charge on any atom is -0.390 e. The van der Waals surface area contributed by atoms with E-state index >= 15 is 0 Å². The van der Waals surface area contributed by atoms with E-state index in [4.69, 9.17) is 21.2 Å². The number of aromatic nitrogens is 3. The van der Waals surface area contributed by atoms with Crippen LogP contribution in [-0.4, -0.2) is 45.8 Å². The van der Waals surface area contributed by atoms with E-state index in [0.717, 1.165) is 63.0 Å². The minimum absolute atomic E-state index is 0.0562. The smallest absolute Gasteiger partial charge is 0.287 e. The topological polar surface area (TPSA) is 90.6 Å². The molecule has 2 fully saturated rings. The van der Waals surface area contributed by atoms with Gasteiger partial charge in [0.15, 0.2) is 0 Å². The van der Waals surface area contributed by atoms with Crippen LogP contribution in [0.25, 0.3) is 0 Å². The third-order valence-corrected chi connectivity index (χ3v) is 7.32. The highest BCUT2D eigenvalue weighted by Gasteiger charge is 2.30. The Kier molecular flexibility index (Phi) is 8.85. The van der Waals surface area contributed by atoms with E-state index < -0.39 is 11.5 Å². The number of rotatable bonds is 7. The van der Waals surface area contributed by atoms with Gasteiger partial charge in [-0.25, -0.2) is 9.67 Å².